The molecule has 0 radical (unpaired) electrons. The second-order valence-electron chi connectivity index (χ2n) is 7.34. The van der Waals surface area contributed by atoms with Gasteiger partial charge in [0.1, 0.15) is 5.69 Å². The van der Waals surface area contributed by atoms with Gasteiger partial charge in [-0.25, -0.2) is 0 Å². The molecule has 0 aromatic heterocycles. The summed E-state index contributed by atoms with van der Waals surface area (Å²) in [5.74, 6) is -0.628. The first kappa shape index (κ1) is 22.3. The van der Waals surface area contributed by atoms with Crippen LogP contribution >= 0.6 is 0 Å². The summed E-state index contributed by atoms with van der Waals surface area (Å²) in [4.78, 5) is 36.0. The Kier molecular flexibility index (Phi) is 6.28. The second-order valence-corrected chi connectivity index (χ2v) is 7.34. The number of ketones is 1. The Bertz CT molecular complexity index is 998. The van der Waals surface area contributed by atoms with E-state index in [1.165, 1.54) is 6.92 Å². The Morgan fingerprint density at radius 3 is 2.23 bits per heavy atom. The zero-order chi connectivity index (χ0) is 22.8. The van der Waals surface area contributed by atoms with E-state index in [0.717, 1.165) is 12.1 Å². The van der Waals surface area contributed by atoms with Crippen molar-refractivity contribution in [3.8, 4) is 0 Å². The molecule has 7 nitrogen and oxygen atoms in total. The lowest BCUT2D eigenvalue weighted by molar-refractivity contribution is -0.384. The standard InChI is InChI=1S/C21H20F3N3O4/c1-13(28)14-2-5-17(6-3-14)25-20(29)15-8-10-26(11-9-15)18-7-4-16(21(22,23)24)12-19(18)27(30)31/h2-7,12,15H,8-11H2,1H3,(H,25,29). The van der Waals surface area contributed by atoms with E-state index in [1.807, 2.05) is 0 Å². The molecule has 2 aromatic rings. The highest BCUT2D eigenvalue weighted by Gasteiger charge is 2.35. The van der Waals surface area contributed by atoms with Crippen LogP contribution in [0.3, 0.4) is 0 Å². The average molecular weight is 435 g/mol. The normalized spacial score (nSPS) is 14.9. The smallest absolute Gasteiger partial charge is 0.366 e. The van der Waals surface area contributed by atoms with Crippen LogP contribution in [0.15, 0.2) is 42.5 Å². The average Bonchev–Trinajstić information content (AvgIpc) is 2.73. The number of carbonyl (C=O) groups excluding carboxylic acids is 2. The lowest BCUT2D eigenvalue weighted by Crippen LogP contribution is -2.38. The minimum Gasteiger partial charge on any atom is -0.366 e. The van der Waals surface area contributed by atoms with Crippen LogP contribution in [-0.4, -0.2) is 29.7 Å². The van der Waals surface area contributed by atoms with Crippen LogP contribution in [0.25, 0.3) is 0 Å². The summed E-state index contributed by atoms with van der Waals surface area (Å²) in [5.41, 5.74) is -0.492. The molecule has 0 atom stereocenters. The van der Waals surface area contributed by atoms with E-state index in [2.05, 4.69) is 5.32 Å². The van der Waals surface area contributed by atoms with Gasteiger partial charge in [0.25, 0.3) is 5.69 Å². The van der Waals surface area contributed by atoms with Crippen molar-refractivity contribution in [3.63, 3.8) is 0 Å². The molecule has 164 valence electrons. The van der Waals surface area contributed by atoms with Gasteiger partial charge in [-0.1, -0.05) is 0 Å². The zero-order valence-corrected chi connectivity index (χ0v) is 16.6. The van der Waals surface area contributed by atoms with E-state index in [-0.39, 0.29) is 23.3 Å². The number of nitro groups is 1. The first-order valence-corrected chi connectivity index (χ1v) is 9.58. The summed E-state index contributed by atoms with van der Waals surface area (Å²) >= 11 is 0. The topological polar surface area (TPSA) is 92.6 Å². The van der Waals surface area contributed by atoms with Crippen molar-refractivity contribution in [2.75, 3.05) is 23.3 Å². The molecule has 0 unspecified atom stereocenters. The lowest BCUT2D eigenvalue weighted by atomic mass is 9.95. The highest BCUT2D eigenvalue weighted by molar-refractivity contribution is 5.96. The van der Waals surface area contributed by atoms with Crippen molar-refractivity contribution in [2.24, 2.45) is 5.92 Å². The minimum absolute atomic E-state index is 0.0809. The van der Waals surface area contributed by atoms with E-state index in [4.69, 9.17) is 0 Å². The third kappa shape index (κ3) is 5.19. The van der Waals surface area contributed by atoms with Crippen molar-refractivity contribution in [2.45, 2.75) is 25.9 Å². The Morgan fingerprint density at radius 1 is 1.10 bits per heavy atom. The number of hydrogen-bond donors (Lipinski definition) is 1. The summed E-state index contributed by atoms with van der Waals surface area (Å²) < 4.78 is 38.7. The van der Waals surface area contributed by atoms with Crippen molar-refractivity contribution in [1.82, 2.24) is 0 Å². The maximum Gasteiger partial charge on any atom is 0.416 e. The van der Waals surface area contributed by atoms with Gasteiger partial charge in [0.2, 0.25) is 5.91 Å². The number of nitrogens with one attached hydrogen (secondary N) is 1. The van der Waals surface area contributed by atoms with E-state index < -0.39 is 22.4 Å². The van der Waals surface area contributed by atoms with Gasteiger partial charge in [-0.05, 0) is 56.2 Å². The van der Waals surface area contributed by atoms with Gasteiger partial charge in [-0.15, -0.1) is 0 Å². The minimum atomic E-state index is -4.67. The zero-order valence-electron chi connectivity index (χ0n) is 16.6. The third-order valence-corrected chi connectivity index (χ3v) is 5.26. The Hall–Kier alpha value is -3.43. The largest absolute Gasteiger partial charge is 0.416 e. The molecule has 0 saturated carbocycles. The van der Waals surface area contributed by atoms with Crippen LogP contribution in [0, 0.1) is 16.0 Å². The maximum absolute atomic E-state index is 12.9. The van der Waals surface area contributed by atoms with Crippen LogP contribution in [0.1, 0.15) is 35.7 Å². The summed E-state index contributed by atoms with van der Waals surface area (Å²) in [6.07, 6.45) is -3.87. The predicted octanol–water partition coefficient (Wildman–Crippen LogP) is 4.67. The molecule has 0 spiro atoms. The highest BCUT2D eigenvalue weighted by atomic mass is 19.4. The number of nitro benzene ring substituents is 1. The number of rotatable bonds is 5. The molecule has 1 amide bonds. The van der Waals surface area contributed by atoms with E-state index in [9.17, 15) is 32.9 Å². The molecule has 0 bridgehead atoms. The van der Waals surface area contributed by atoms with Crippen molar-refractivity contribution < 1.29 is 27.7 Å². The van der Waals surface area contributed by atoms with Gasteiger partial charge in [-0.3, -0.25) is 19.7 Å². The Labute approximate surface area is 176 Å². The number of hydrogen-bond acceptors (Lipinski definition) is 5. The summed E-state index contributed by atoms with van der Waals surface area (Å²) in [5, 5.41) is 14.1. The van der Waals surface area contributed by atoms with Gasteiger partial charge >= 0.3 is 6.18 Å². The van der Waals surface area contributed by atoms with Crippen molar-refractivity contribution in [3.05, 3.63) is 63.7 Å². The first-order chi connectivity index (χ1) is 14.6. The number of anilines is 2. The second kappa shape index (κ2) is 8.75. The molecule has 1 saturated heterocycles. The third-order valence-electron chi connectivity index (χ3n) is 5.26. The van der Waals surface area contributed by atoms with Gasteiger partial charge in [0, 0.05) is 36.3 Å². The number of piperidine rings is 1. The number of benzene rings is 2. The number of carbonyl (C=O) groups is 2. The van der Waals surface area contributed by atoms with Gasteiger partial charge in [-0.2, -0.15) is 13.2 Å². The Morgan fingerprint density at radius 2 is 1.71 bits per heavy atom. The van der Waals surface area contributed by atoms with Crippen LogP contribution in [0.2, 0.25) is 0 Å². The van der Waals surface area contributed by atoms with Crippen molar-refractivity contribution >= 4 is 28.8 Å². The fourth-order valence-electron chi connectivity index (χ4n) is 3.53. The van der Waals surface area contributed by atoms with Gasteiger partial charge in [0.15, 0.2) is 5.78 Å². The maximum atomic E-state index is 12.9. The molecule has 10 heteroatoms. The fourth-order valence-corrected chi connectivity index (χ4v) is 3.53. The van der Waals surface area contributed by atoms with Crippen molar-refractivity contribution in [1.29, 1.82) is 0 Å². The quantitative estimate of drug-likeness (QED) is 0.419. The fraction of sp³-hybridized carbons (Fsp3) is 0.333. The molecular formula is C21H20F3N3O4. The number of amides is 1. The van der Waals surface area contributed by atoms with Crippen LogP contribution < -0.4 is 10.2 Å². The summed E-state index contributed by atoms with van der Waals surface area (Å²) in [6.45, 7) is 2.05. The molecule has 3 rings (SSSR count). The number of nitrogens with zero attached hydrogens (tertiary/aromatic N) is 2. The summed E-state index contributed by atoms with van der Waals surface area (Å²) in [6, 6.07) is 8.97. The highest BCUT2D eigenvalue weighted by Crippen LogP contribution is 2.37. The molecular weight excluding hydrogens is 415 g/mol. The van der Waals surface area contributed by atoms with Crippen LogP contribution in [0.4, 0.5) is 30.2 Å². The first-order valence-electron chi connectivity index (χ1n) is 9.58. The molecule has 1 N–H and O–H groups in total. The van der Waals surface area contributed by atoms with Gasteiger partial charge < -0.3 is 10.2 Å². The lowest BCUT2D eigenvalue weighted by Gasteiger charge is -2.32. The number of Topliss-reactive ketones (excluding diaryl/α,β-unsaturated/α-hetero) is 1. The molecule has 1 aliphatic heterocycles. The Balaban J connectivity index is 1.65. The molecule has 0 aliphatic carbocycles. The number of halogens is 3. The van der Waals surface area contributed by atoms with Crippen LogP contribution in [0.5, 0.6) is 0 Å². The van der Waals surface area contributed by atoms with Crippen LogP contribution in [-0.2, 0) is 11.0 Å². The van der Waals surface area contributed by atoms with E-state index in [1.54, 1.807) is 29.2 Å². The summed E-state index contributed by atoms with van der Waals surface area (Å²) in [7, 11) is 0. The number of alkyl halides is 3. The molecule has 1 fully saturated rings. The van der Waals surface area contributed by atoms with E-state index in [0.29, 0.717) is 43.2 Å². The molecule has 31 heavy (non-hydrogen) atoms. The molecule has 1 heterocycles. The van der Waals surface area contributed by atoms with E-state index >= 15 is 0 Å². The predicted molar refractivity (Wildman–Crippen MR) is 108 cm³/mol. The molecule has 2 aromatic carbocycles. The SMILES string of the molecule is CC(=O)c1ccc(NC(=O)C2CCN(c3ccc(C(F)(F)F)cc3[N+](=O)[O-])CC2)cc1. The van der Waals surface area contributed by atoms with Gasteiger partial charge in [0.05, 0.1) is 10.5 Å². The monoisotopic (exact) mass is 435 g/mol. The molecule has 1 aliphatic rings.